The van der Waals surface area contributed by atoms with Crippen LogP contribution in [0.25, 0.3) is 0 Å². The summed E-state index contributed by atoms with van der Waals surface area (Å²) < 4.78 is 13.8. The molecule has 0 aliphatic carbocycles. The lowest BCUT2D eigenvalue weighted by Gasteiger charge is -2.29. The van der Waals surface area contributed by atoms with Crippen LogP contribution in [-0.2, 0) is 4.79 Å². The number of aliphatic imine (C=N–C) groups is 1. The Kier molecular flexibility index (Phi) is 4.65. The molecule has 2 aliphatic heterocycles. The average molecular weight is 389 g/mol. The number of amides is 1. The van der Waals surface area contributed by atoms with Gasteiger partial charge in [0.25, 0.3) is 0 Å². The zero-order valence-corrected chi connectivity index (χ0v) is 15.1. The molecule has 4 rings (SSSR count). The molecular formula is C18H14ClFN4OS. The molecule has 0 saturated carbocycles. The number of carbonyl (C=O) groups is 1. The summed E-state index contributed by atoms with van der Waals surface area (Å²) in [7, 11) is 0. The fourth-order valence-electron chi connectivity index (χ4n) is 2.89. The first-order valence-electron chi connectivity index (χ1n) is 7.99. The van der Waals surface area contributed by atoms with Gasteiger partial charge < -0.3 is 5.32 Å². The lowest BCUT2D eigenvalue weighted by molar-refractivity contribution is -0.113. The van der Waals surface area contributed by atoms with E-state index in [-0.39, 0.29) is 28.4 Å². The summed E-state index contributed by atoms with van der Waals surface area (Å²) >= 11 is 6.99. The van der Waals surface area contributed by atoms with Gasteiger partial charge in [0.2, 0.25) is 5.91 Å². The van der Waals surface area contributed by atoms with Crippen molar-refractivity contribution in [3.8, 4) is 0 Å². The minimum Gasteiger partial charge on any atom is -0.323 e. The van der Waals surface area contributed by atoms with Gasteiger partial charge in [-0.25, -0.2) is 14.4 Å². The Labute approximate surface area is 158 Å². The number of hydrazone groups is 1. The molecule has 2 aliphatic rings. The highest BCUT2D eigenvalue weighted by Gasteiger charge is 2.32. The van der Waals surface area contributed by atoms with Crippen molar-refractivity contribution < 1.29 is 9.18 Å². The third-order valence-electron chi connectivity index (χ3n) is 4.08. The number of hydrogen-bond acceptors (Lipinski definition) is 5. The molecule has 2 aromatic rings. The lowest BCUT2D eigenvalue weighted by Crippen LogP contribution is -2.29. The smallest absolute Gasteiger partial charge is 0.234 e. The van der Waals surface area contributed by atoms with Gasteiger partial charge in [0.15, 0.2) is 5.17 Å². The van der Waals surface area contributed by atoms with E-state index in [0.717, 1.165) is 23.7 Å². The Bertz CT molecular complexity index is 933. The molecule has 0 saturated heterocycles. The van der Waals surface area contributed by atoms with E-state index < -0.39 is 5.82 Å². The van der Waals surface area contributed by atoms with E-state index in [4.69, 9.17) is 11.6 Å². The highest BCUT2D eigenvalue weighted by Crippen LogP contribution is 2.40. The number of nitrogens with zero attached hydrogens (tertiary/aromatic N) is 3. The van der Waals surface area contributed by atoms with Gasteiger partial charge in [0.1, 0.15) is 5.82 Å². The second kappa shape index (κ2) is 7.09. The summed E-state index contributed by atoms with van der Waals surface area (Å²) in [6, 6.07) is 12.2. The van der Waals surface area contributed by atoms with Gasteiger partial charge >= 0.3 is 0 Å². The van der Waals surface area contributed by atoms with Gasteiger partial charge in [-0.2, -0.15) is 5.10 Å². The molecule has 2 heterocycles. The summed E-state index contributed by atoms with van der Waals surface area (Å²) in [4.78, 5) is 16.8. The molecule has 0 aromatic heterocycles. The number of nitrogens with one attached hydrogen (secondary N) is 1. The van der Waals surface area contributed by atoms with Gasteiger partial charge in [-0.05, 0) is 24.3 Å². The third-order valence-corrected chi connectivity index (χ3v) is 5.25. The van der Waals surface area contributed by atoms with Gasteiger partial charge in [-0.15, -0.1) is 0 Å². The van der Waals surface area contributed by atoms with Gasteiger partial charge in [-0.1, -0.05) is 41.6 Å². The predicted molar refractivity (Wildman–Crippen MR) is 104 cm³/mol. The number of benzene rings is 2. The SMILES string of the molecule is O=C(CSC1=Nc2ccccc2C2CC=NN12)Nc1ccc(Cl)cc1F. The van der Waals surface area contributed by atoms with Crippen molar-refractivity contribution in [1.29, 1.82) is 0 Å². The Morgan fingerprint density at radius 2 is 2.19 bits per heavy atom. The van der Waals surface area contributed by atoms with Crippen molar-refractivity contribution in [2.75, 3.05) is 11.1 Å². The molecule has 8 heteroatoms. The Balaban J connectivity index is 1.46. The monoisotopic (exact) mass is 388 g/mol. The van der Waals surface area contributed by atoms with Gasteiger partial charge in [-0.3, -0.25) is 4.79 Å². The van der Waals surface area contributed by atoms with Crippen molar-refractivity contribution in [2.45, 2.75) is 12.5 Å². The number of carbonyl (C=O) groups excluding carboxylic acids is 1. The van der Waals surface area contributed by atoms with Crippen molar-refractivity contribution in [3.05, 3.63) is 58.9 Å². The molecule has 26 heavy (non-hydrogen) atoms. The van der Waals surface area contributed by atoms with Crippen LogP contribution >= 0.6 is 23.4 Å². The molecule has 1 unspecified atom stereocenters. The Hall–Kier alpha value is -2.38. The first-order valence-corrected chi connectivity index (χ1v) is 9.35. The van der Waals surface area contributed by atoms with Gasteiger partial charge in [0.05, 0.1) is 23.2 Å². The van der Waals surface area contributed by atoms with E-state index in [1.807, 2.05) is 35.5 Å². The second-order valence-corrected chi connectivity index (χ2v) is 7.19. The van der Waals surface area contributed by atoms with E-state index in [1.165, 1.54) is 23.9 Å². The van der Waals surface area contributed by atoms with Crippen LogP contribution in [0, 0.1) is 5.82 Å². The standard InChI is InChI=1S/C18H14ClFN4OS/c19-11-5-6-15(13(20)9-11)22-17(25)10-26-18-23-14-4-2-1-3-12(14)16-7-8-21-24(16)18/h1-6,8-9,16H,7,10H2,(H,22,25). The average Bonchev–Trinajstić information content (AvgIpc) is 3.12. The van der Waals surface area contributed by atoms with E-state index >= 15 is 0 Å². The molecule has 1 amide bonds. The number of halogens is 2. The van der Waals surface area contributed by atoms with Crippen LogP contribution in [0.4, 0.5) is 15.8 Å². The summed E-state index contributed by atoms with van der Waals surface area (Å²) in [5.74, 6) is -0.788. The second-order valence-electron chi connectivity index (χ2n) is 5.81. The number of fused-ring (bicyclic) bond motifs is 3. The quantitative estimate of drug-likeness (QED) is 0.836. The minimum atomic E-state index is -0.566. The fraction of sp³-hybridized carbons (Fsp3) is 0.167. The number of rotatable bonds is 3. The maximum atomic E-state index is 13.8. The molecule has 0 fully saturated rings. The topological polar surface area (TPSA) is 57.1 Å². The van der Waals surface area contributed by atoms with Crippen molar-refractivity contribution >= 4 is 52.0 Å². The van der Waals surface area contributed by atoms with Gasteiger partial charge in [0, 0.05) is 23.2 Å². The van der Waals surface area contributed by atoms with Crippen LogP contribution < -0.4 is 5.32 Å². The summed E-state index contributed by atoms with van der Waals surface area (Å²) in [6.45, 7) is 0. The lowest BCUT2D eigenvalue weighted by atomic mass is 10.0. The maximum absolute atomic E-state index is 13.8. The highest BCUT2D eigenvalue weighted by atomic mass is 35.5. The summed E-state index contributed by atoms with van der Waals surface area (Å²) in [5, 5.41) is 9.70. The van der Waals surface area contributed by atoms with E-state index in [2.05, 4.69) is 15.4 Å². The normalized spacial score (nSPS) is 17.5. The Morgan fingerprint density at radius 1 is 1.35 bits per heavy atom. The number of para-hydroxylation sites is 1. The Morgan fingerprint density at radius 3 is 3.04 bits per heavy atom. The highest BCUT2D eigenvalue weighted by molar-refractivity contribution is 8.14. The summed E-state index contributed by atoms with van der Waals surface area (Å²) in [6.07, 6.45) is 2.66. The third kappa shape index (κ3) is 3.32. The van der Waals surface area contributed by atoms with Crippen LogP contribution in [0.5, 0.6) is 0 Å². The minimum absolute atomic E-state index is 0.0990. The van der Waals surface area contributed by atoms with Crippen LogP contribution in [0.15, 0.2) is 52.6 Å². The zero-order valence-electron chi connectivity index (χ0n) is 13.5. The van der Waals surface area contributed by atoms with Crippen LogP contribution in [0.2, 0.25) is 5.02 Å². The summed E-state index contributed by atoms with van der Waals surface area (Å²) in [5.41, 5.74) is 2.13. The molecule has 0 spiro atoms. The molecule has 2 aromatic carbocycles. The molecule has 1 N–H and O–H groups in total. The van der Waals surface area contributed by atoms with Crippen molar-refractivity contribution in [1.82, 2.24) is 5.01 Å². The molecule has 132 valence electrons. The zero-order chi connectivity index (χ0) is 18.1. The van der Waals surface area contributed by atoms with Crippen LogP contribution in [0.1, 0.15) is 18.0 Å². The van der Waals surface area contributed by atoms with Crippen LogP contribution in [0.3, 0.4) is 0 Å². The van der Waals surface area contributed by atoms with Crippen LogP contribution in [-0.4, -0.2) is 28.1 Å². The van der Waals surface area contributed by atoms with Crippen molar-refractivity contribution in [3.63, 3.8) is 0 Å². The molecular weight excluding hydrogens is 375 g/mol. The fourth-order valence-corrected chi connectivity index (χ4v) is 3.85. The molecule has 5 nitrogen and oxygen atoms in total. The molecule has 0 radical (unpaired) electrons. The number of thioether (sulfide) groups is 1. The molecule has 1 atom stereocenters. The maximum Gasteiger partial charge on any atom is 0.234 e. The first-order chi connectivity index (χ1) is 12.6. The van der Waals surface area contributed by atoms with E-state index in [1.54, 1.807) is 0 Å². The number of anilines is 1. The number of amidine groups is 1. The first kappa shape index (κ1) is 17.1. The largest absolute Gasteiger partial charge is 0.323 e. The van der Waals surface area contributed by atoms with E-state index in [9.17, 15) is 9.18 Å². The molecule has 0 bridgehead atoms. The number of hydrogen-bond donors (Lipinski definition) is 1. The predicted octanol–water partition coefficient (Wildman–Crippen LogP) is 4.58. The van der Waals surface area contributed by atoms with E-state index in [0.29, 0.717) is 5.17 Å². The van der Waals surface area contributed by atoms with Crippen molar-refractivity contribution in [2.24, 2.45) is 10.1 Å².